The molecular formula is C8H16ClNO. The van der Waals surface area contributed by atoms with Crippen molar-refractivity contribution in [3.8, 4) is 0 Å². The van der Waals surface area contributed by atoms with Crippen molar-refractivity contribution in [3.63, 3.8) is 0 Å². The van der Waals surface area contributed by atoms with Crippen molar-refractivity contribution in [2.24, 2.45) is 5.92 Å². The highest BCUT2D eigenvalue weighted by molar-refractivity contribution is 6.18. The molecule has 0 radical (unpaired) electrons. The van der Waals surface area contributed by atoms with Gasteiger partial charge in [0.15, 0.2) is 0 Å². The lowest BCUT2D eigenvalue weighted by Gasteiger charge is -2.17. The highest BCUT2D eigenvalue weighted by atomic mass is 35.5. The Morgan fingerprint density at radius 2 is 2.45 bits per heavy atom. The first-order valence-electron chi connectivity index (χ1n) is 4.18. The predicted molar refractivity (Wildman–Crippen MR) is 46.9 cm³/mol. The minimum atomic E-state index is -0.345. The molecule has 1 aliphatic rings. The summed E-state index contributed by atoms with van der Waals surface area (Å²) < 4.78 is 0. The Kier molecular flexibility index (Phi) is 3.63. The van der Waals surface area contributed by atoms with Gasteiger partial charge in [-0.25, -0.2) is 0 Å². The third-order valence-electron chi connectivity index (χ3n) is 2.16. The second kappa shape index (κ2) is 4.29. The second-order valence-corrected chi connectivity index (χ2v) is 3.77. The lowest BCUT2D eigenvalue weighted by atomic mass is 10.2. The van der Waals surface area contributed by atoms with Gasteiger partial charge in [0, 0.05) is 19.0 Å². The van der Waals surface area contributed by atoms with E-state index in [0.29, 0.717) is 5.88 Å². The van der Waals surface area contributed by atoms with Gasteiger partial charge in [-0.05, 0) is 18.9 Å². The van der Waals surface area contributed by atoms with Crippen LogP contribution < -0.4 is 0 Å². The predicted octanol–water partition coefficient (Wildman–Crippen LogP) is 0.928. The normalized spacial score (nSPS) is 29.2. The fourth-order valence-corrected chi connectivity index (χ4v) is 1.64. The van der Waals surface area contributed by atoms with E-state index in [4.69, 9.17) is 11.6 Å². The quantitative estimate of drug-likeness (QED) is 0.649. The van der Waals surface area contributed by atoms with Gasteiger partial charge >= 0.3 is 0 Å². The lowest BCUT2D eigenvalue weighted by Crippen LogP contribution is -2.31. The third-order valence-corrected chi connectivity index (χ3v) is 2.51. The van der Waals surface area contributed by atoms with Crippen molar-refractivity contribution in [1.29, 1.82) is 0 Å². The Labute approximate surface area is 73.1 Å². The number of hydrogen-bond donors (Lipinski definition) is 1. The number of β-amino-alcohol motifs (C(OH)–C–C–N with tert-alkyl or cyclic N) is 1. The van der Waals surface area contributed by atoms with Crippen LogP contribution in [-0.2, 0) is 0 Å². The largest absolute Gasteiger partial charge is 0.391 e. The number of aliphatic hydroxyl groups is 1. The van der Waals surface area contributed by atoms with Gasteiger partial charge in [0.1, 0.15) is 0 Å². The Morgan fingerprint density at radius 1 is 1.73 bits per heavy atom. The van der Waals surface area contributed by atoms with E-state index in [1.807, 2.05) is 0 Å². The molecule has 1 fully saturated rings. The number of aliphatic hydroxyl groups excluding tert-OH is 1. The van der Waals surface area contributed by atoms with Crippen LogP contribution in [0.25, 0.3) is 0 Å². The first-order chi connectivity index (χ1) is 5.22. The molecule has 0 bridgehead atoms. The Balaban J connectivity index is 2.17. The van der Waals surface area contributed by atoms with Gasteiger partial charge in [-0.2, -0.15) is 0 Å². The monoisotopic (exact) mass is 177 g/mol. The van der Waals surface area contributed by atoms with Crippen molar-refractivity contribution in [1.82, 2.24) is 4.90 Å². The molecule has 0 saturated carbocycles. The lowest BCUT2D eigenvalue weighted by molar-refractivity contribution is 0.142. The molecule has 2 unspecified atom stereocenters. The molecule has 1 N–H and O–H groups in total. The second-order valence-electron chi connectivity index (χ2n) is 3.46. The molecule has 1 saturated heterocycles. The average molecular weight is 178 g/mol. The average Bonchev–Trinajstić information content (AvgIpc) is 2.35. The van der Waals surface area contributed by atoms with E-state index in [-0.39, 0.29) is 6.10 Å². The molecule has 11 heavy (non-hydrogen) atoms. The summed E-state index contributed by atoms with van der Waals surface area (Å²) in [4.78, 5) is 2.28. The number of likely N-dealkylation sites (tertiary alicyclic amines) is 1. The van der Waals surface area contributed by atoms with E-state index in [9.17, 15) is 5.11 Å². The summed E-state index contributed by atoms with van der Waals surface area (Å²) in [6, 6.07) is 0. The molecule has 0 aromatic heterocycles. The van der Waals surface area contributed by atoms with Crippen LogP contribution in [0.3, 0.4) is 0 Å². The van der Waals surface area contributed by atoms with E-state index < -0.39 is 0 Å². The smallest absolute Gasteiger partial charge is 0.0802 e. The Bertz CT molecular complexity index is 121. The van der Waals surface area contributed by atoms with E-state index in [1.165, 1.54) is 6.42 Å². The summed E-state index contributed by atoms with van der Waals surface area (Å²) in [5, 5.41) is 9.23. The van der Waals surface area contributed by atoms with Gasteiger partial charge < -0.3 is 10.0 Å². The van der Waals surface area contributed by atoms with E-state index in [1.54, 1.807) is 0 Å². The van der Waals surface area contributed by atoms with Gasteiger partial charge in [-0.3, -0.25) is 0 Å². The fraction of sp³-hybridized carbons (Fsp3) is 1.00. The van der Waals surface area contributed by atoms with Gasteiger partial charge in [0.2, 0.25) is 0 Å². The maximum atomic E-state index is 9.23. The molecule has 0 aromatic rings. The zero-order valence-corrected chi connectivity index (χ0v) is 7.72. The molecule has 0 amide bonds. The van der Waals surface area contributed by atoms with Gasteiger partial charge in [0.05, 0.1) is 6.10 Å². The SMILES string of the molecule is CC1CCN(CC(O)CCl)C1. The Hall–Kier alpha value is 0.210. The van der Waals surface area contributed by atoms with E-state index in [0.717, 1.165) is 25.6 Å². The van der Waals surface area contributed by atoms with Gasteiger partial charge in [0.25, 0.3) is 0 Å². The summed E-state index contributed by atoms with van der Waals surface area (Å²) in [5.74, 6) is 1.14. The molecule has 0 aliphatic carbocycles. The number of rotatable bonds is 3. The minimum absolute atomic E-state index is 0.345. The van der Waals surface area contributed by atoms with Crippen LogP contribution in [0.5, 0.6) is 0 Å². The first kappa shape index (κ1) is 9.30. The zero-order chi connectivity index (χ0) is 8.27. The summed E-state index contributed by atoms with van der Waals surface area (Å²) in [6.07, 6.45) is 0.914. The summed E-state index contributed by atoms with van der Waals surface area (Å²) in [5.41, 5.74) is 0. The van der Waals surface area contributed by atoms with E-state index in [2.05, 4.69) is 11.8 Å². The molecule has 0 aromatic carbocycles. The molecular weight excluding hydrogens is 162 g/mol. The molecule has 1 aliphatic heterocycles. The van der Waals surface area contributed by atoms with Crippen molar-refractivity contribution in [3.05, 3.63) is 0 Å². The van der Waals surface area contributed by atoms with Crippen LogP contribution in [0.2, 0.25) is 0 Å². The first-order valence-corrected chi connectivity index (χ1v) is 4.72. The van der Waals surface area contributed by atoms with Crippen LogP contribution in [0.4, 0.5) is 0 Å². The topological polar surface area (TPSA) is 23.5 Å². The molecule has 0 spiro atoms. The van der Waals surface area contributed by atoms with Gasteiger partial charge in [-0.15, -0.1) is 11.6 Å². The molecule has 66 valence electrons. The molecule has 2 nitrogen and oxygen atoms in total. The van der Waals surface area contributed by atoms with Crippen LogP contribution in [0.15, 0.2) is 0 Å². The van der Waals surface area contributed by atoms with Crippen molar-refractivity contribution in [2.75, 3.05) is 25.5 Å². The highest BCUT2D eigenvalue weighted by Gasteiger charge is 2.20. The number of alkyl halides is 1. The molecule has 2 atom stereocenters. The van der Waals surface area contributed by atoms with Crippen molar-refractivity contribution < 1.29 is 5.11 Å². The van der Waals surface area contributed by atoms with Crippen molar-refractivity contribution in [2.45, 2.75) is 19.4 Å². The van der Waals surface area contributed by atoms with Crippen molar-refractivity contribution >= 4 is 11.6 Å². The van der Waals surface area contributed by atoms with Crippen LogP contribution >= 0.6 is 11.6 Å². The van der Waals surface area contributed by atoms with Crippen LogP contribution in [0.1, 0.15) is 13.3 Å². The summed E-state index contributed by atoms with van der Waals surface area (Å²) in [6.45, 7) is 5.23. The standard InChI is InChI=1S/C8H16ClNO/c1-7-2-3-10(5-7)6-8(11)4-9/h7-8,11H,2-6H2,1H3. The third kappa shape index (κ3) is 2.97. The number of hydrogen-bond acceptors (Lipinski definition) is 2. The highest BCUT2D eigenvalue weighted by Crippen LogP contribution is 2.14. The Morgan fingerprint density at radius 3 is 2.91 bits per heavy atom. The molecule has 3 heteroatoms. The number of halogens is 1. The molecule has 1 heterocycles. The van der Waals surface area contributed by atoms with Crippen LogP contribution in [0, 0.1) is 5.92 Å². The van der Waals surface area contributed by atoms with Gasteiger partial charge in [-0.1, -0.05) is 6.92 Å². The summed E-state index contributed by atoms with van der Waals surface area (Å²) >= 11 is 5.49. The van der Waals surface area contributed by atoms with E-state index >= 15 is 0 Å². The maximum Gasteiger partial charge on any atom is 0.0802 e. The minimum Gasteiger partial charge on any atom is -0.391 e. The van der Waals surface area contributed by atoms with Crippen LogP contribution in [-0.4, -0.2) is 41.6 Å². The fourth-order valence-electron chi connectivity index (χ4n) is 1.54. The zero-order valence-electron chi connectivity index (χ0n) is 6.96. The number of nitrogens with zero attached hydrogens (tertiary/aromatic N) is 1. The summed E-state index contributed by atoms with van der Waals surface area (Å²) in [7, 11) is 0. The maximum absolute atomic E-state index is 9.23. The molecule has 1 rings (SSSR count).